The lowest BCUT2D eigenvalue weighted by atomic mass is 9.72. The van der Waals surface area contributed by atoms with Crippen LogP contribution in [0.4, 0.5) is 17.1 Å². The second kappa shape index (κ2) is 16.8. The Morgan fingerprint density at radius 2 is 0.596 bits per heavy atom. The Morgan fingerprint density at radius 1 is 0.234 bits per heavy atom. The maximum Gasteiger partial charge on any atom is 0.144 e. The maximum absolute atomic E-state index is 7.20. The van der Waals surface area contributed by atoms with Crippen LogP contribution in [0.15, 0.2) is 213 Å². The minimum absolute atomic E-state index is 0.212. The quantitative estimate of drug-likeness (QED) is 0.177. The normalized spacial score (nSPS) is 17.2. The molecule has 0 unspecified atom stereocenters. The van der Waals surface area contributed by atoms with Gasteiger partial charge in [0, 0.05) is 87.4 Å². The first-order valence-corrected chi connectivity index (χ1v) is 33.8. The van der Waals surface area contributed by atoms with E-state index in [0.717, 1.165) is 50.6 Å². The summed E-state index contributed by atoms with van der Waals surface area (Å²) in [6.45, 7) is 29.3. The van der Waals surface area contributed by atoms with Crippen LogP contribution in [0.5, 0.6) is 0 Å². The molecular weight excluding hydrogens is 1140 g/mol. The predicted molar refractivity (Wildman–Crippen MR) is 388 cm³/mol. The molecule has 0 N–H and O–H groups in total. The third kappa shape index (κ3) is 6.15. The van der Waals surface area contributed by atoms with Crippen LogP contribution >= 0.6 is 0 Å². The van der Waals surface area contributed by atoms with Crippen LogP contribution in [0.2, 0.25) is 0 Å². The van der Waals surface area contributed by atoms with Gasteiger partial charge < -0.3 is 18.2 Å². The van der Waals surface area contributed by atoms with Gasteiger partial charge in [0.15, 0.2) is 0 Å². The highest BCUT2D eigenvalue weighted by molar-refractivity contribution is 6.22. The summed E-state index contributed by atoms with van der Waals surface area (Å²) in [6, 6.07) is 76.3. The molecule has 0 saturated carbocycles. The molecule has 15 aromatic rings. The summed E-state index contributed by atoms with van der Waals surface area (Å²) >= 11 is 0. The highest BCUT2D eigenvalue weighted by atomic mass is 16.3. The predicted octanol–water partition coefficient (Wildman–Crippen LogP) is 24.7. The fourth-order valence-electron chi connectivity index (χ4n) is 19.9. The van der Waals surface area contributed by atoms with E-state index in [1.54, 1.807) is 0 Å². The third-order valence-electron chi connectivity index (χ3n) is 24.6. The average molecular weight is 1210 g/mol. The van der Waals surface area contributed by atoms with Crippen molar-refractivity contribution >= 4 is 82.9 Å². The van der Waals surface area contributed by atoms with Crippen molar-refractivity contribution < 1.29 is 13.3 Å². The summed E-state index contributed by atoms with van der Waals surface area (Å²) in [5, 5.41) is 7.18. The second-order valence-electron chi connectivity index (χ2n) is 31.4. The fourth-order valence-corrected chi connectivity index (χ4v) is 19.9. The van der Waals surface area contributed by atoms with Crippen LogP contribution < -0.4 is 4.90 Å². The van der Waals surface area contributed by atoms with Gasteiger partial charge in [-0.05, 0) is 219 Å². The molecule has 0 bridgehead atoms. The van der Waals surface area contributed by atoms with Gasteiger partial charge in [0.05, 0.1) is 0 Å². The van der Waals surface area contributed by atoms with Crippen LogP contribution in [-0.4, -0.2) is 0 Å². The number of rotatable bonds is 3. The molecule has 3 aromatic heterocycles. The fraction of sp³-hybridized carbons (Fsp3) is 0.200. The Hall–Kier alpha value is -10.2. The van der Waals surface area contributed by atoms with Gasteiger partial charge in [-0.2, -0.15) is 0 Å². The minimum Gasteiger partial charge on any atom is -0.456 e. The monoisotopic (exact) mass is 1210 g/mol. The summed E-state index contributed by atoms with van der Waals surface area (Å²) in [4.78, 5) is 2.58. The number of hydrogen-bond acceptors (Lipinski definition) is 4. The molecular formula is C90H69NO3. The first-order chi connectivity index (χ1) is 45.1. The summed E-state index contributed by atoms with van der Waals surface area (Å²) in [6.07, 6.45) is 0. The number of nitrogens with zero attached hydrogens (tertiary/aromatic N) is 1. The largest absolute Gasteiger partial charge is 0.456 e. The number of fused-ring (bicyclic) bond motifs is 32. The Labute approximate surface area is 547 Å². The topological polar surface area (TPSA) is 42.7 Å². The van der Waals surface area contributed by atoms with Crippen LogP contribution in [-0.2, 0) is 32.5 Å². The van der Waals surface area contributed by atoms with E-state index in [1.165, 1.54) is 166 Å². The molecule has 94 heavy (non-hydrogen) atoms. The molecule has 4 heteroatoms. The lowest BCUT2D eigenvalue weighted by molar-refractivity contribution is 0.600. The number of hydrogen-bond donors (Lipinski definition) is 0. The highest BCUT2D eigenvalue weighted by Gasteiger charge is 2.50. The molecule has 0 saturated heterocycles. The van der Waals surface area contributed by atoms with Crippen molar-refractivity contribution in [2.75, 3.05) is 4.90 Å². The standard InChI is InChI=1S/C90H69NO3/c1-85(2)61-35-37-73-77(53-22-14-18-26-70(53)92-73)75(61)58-44-66-56(42-68(58)85)49-32-29-46(39-63(49)87(66,5)6)91(47-30-33-50-57-43-69-59(45-67(57)88(7,8)64(50)40-47)76-62(86(69,3)4)36-38-74-78(76)54-23-15-19-27-71(54)93-74)48-31-34-52-65(41-48)90(11,12)83-81(52)84-80(55-24-16-20-28-72(55)94-84)79-51-21-13-17-25-60(51)89(9,10)82(79)83/h13-45H,1-12H3. The molecule has 21 rings (SSSR count). The number of para-hydroxylation sites is 3. The third-order valence-corrected chi connectivity index (χ3v) is 24.6. The van der Waals surface area contributed by atoms with Crippen molar-refractivity contribution in [2.24, 2.45) is 0 Å². The van der Waals surface area contributed by atoms with Gasteiger partial charge in [-0.1, -0.05) is 192 Å². The Kier molecular flexibility index (Phi) is 9.53. The van der Waals surface area contributed by atoms with Gasteiger partial charge in [0.2, 0.25) is 0 Å². The molecule has 12 aromatic carbocycles. The number of anilines is 3. The van der Waals surface area contributed by atoms with Crippen molar-refractivity contribution in [3.63, 3.8) is 0 Å². The van der Waals surface area contributed by atoms with E-state index in [2.05, 4.69) is 288 Å². The molecule has 0 atom stereocenters. The lowest BCUT2D eigenvalue weighted by Crippen LogP contribution is -2.24. The Balaban J connectivity index is 0.763. The zero-order valence-electron chi connectivity index (χ0n) is 55.2. The molecule has 0 spiro atoms. The van der Waals surface area contributed by atoms with Gasteiger partial charge in [-0.15, -0.1) is 0 Å². The minimum atomic E-state index is -0.395. The van der Waals surface area contributed by atoms with Crippen molar-refractivity contribution in [1.82, 2.24) is 0 Å². The molecule has 0 aliphatic heterocycles. The van der Waals surface area contributed by atoms with E-state index in [1.807, 2.05) is 0 Å². The van der Waals surface area contributed by atoms with E-state index in [-0.39, 0.29) is 27.1 Å². The van der Waals surface area contributed by atoms with Gasteiger partial charge in [-0.25, -0.2) is 0 Å². The van der Waals surface area contributed by atoms with Crippen LogP contribution in [0, 0.1) is 0 Å². The van der Waals surface area contributed by atoms with E-state index >= 15 is 0 Å². The van der Waals surface area contributed by atoms with Crippen LogP contribution in [0.25, 0.3) is 133 Å². The second-order valence-corrected chi connectivity index (χ2v) is 31.4. The van der Waals surface area contributed by atoms with Gasteiger partial charge in [-0.3, -0.25) is 0 Å². The summed E-state index contributed by atoms with van der Waals surface area (Å²) in [5.74, 6) is 0. The molecule has 6 aliphatic carbocycles. The summed E-state index contributed by atoms with van der Waals surface area (Å²) in [7, 11) is 0. The van der Waals surface area contributed by atoms with E-state index < -0.39 is 5.41 Å². The zero-order valence-corrected chi connectivity index (χ0v) is 55.2. The smallest absolute Gasteiger partial charge is 0.144 e. The van der Waals surface area contributed by atoms with Gasteiger partial charge in [0.1, 0.15) is 33.5 Å². The first-order valence-electron chi connectivity index (χ1n) is 33.8. The number of benzene rings is 12. The molecule has 3 heterocycles. The van der Waals surface area contributed by atoms with E-state index in [0.29, 0.717) is 0 Å². The first kappa shape index (κ1) is 53.4. The maximum atomic E-state index is 7.20. The zero-order chi connectivity index (χ0) is 63.5. The van der Waals surface area contributed by atoms with Crippen molar-refractivity contribution in [3.05, 3.63) is 267 Å². The Morgan fingerprint density at radius 3 is 1.11 bits per heavy atom. The molecule has 0 amide bonds. The van der Waals surface area contributed by atoms with Gasteiger partial charge in [0.25, 0.3) is 0 Å². The molecule has 0 radical (unpaired) electrons. The summed E-state index contributed by atoms with van der Waals surface area (Å²) < 4.78 is 20.3. The number of furan rings is 3. The van der Waals surface area contributed by atoms with Crippen LogP contribution in [0.1, 0.15) is 150 Å². The molecule has 4 nitrogen and oxygen atoms in total. The molecule has 0 fully saturated rings. The van der Waals surface area contributed by atoms with Crippen molar-refractivity contribution in [2.45, 2.75) is 116 Å². The highest BCUT2D eigenvalue weighted by Crippen LogP contribution is 2.66. The summed E-state index contributed by atoms with van der Waals surface area (Å²) in [5.41, 5.74) is 39.3. The van der Waals surface area contributed by atoms with Crippen molar-refractivity contribution in [3.8, 4) is 66.8 Å². The van der Waals surface area contributed by atoms with Crippen molar-refractivity contribution in [1.29, 1.82) is 0 Å². The van der Waals surface area contributed by atoms with Gasteiger partial charge >= 0.3 is 0 Å². The SMILES string of the molecule is CC1(C)c2cc(N(c3ccc4c(c3)C(C)(C)c3cc5c(cc3-4)C(C)(C)c3ccc4oc6ccccc6c4c3-5)c3ccc4c(c3)C(C)(C)c3c5c(c6c(oc7ccccc76)c3-4)-c3ccccc3C5(C)C)ccc2-c2cc3c(cc21)-c1c(ccc2oc4ccccc4c12)C3(C)C. The molecule has 452 valence electrons. The Bertz CT molecular complexity index is 5860. The lowest BCUT2D eigenvalue weighted by Gasteiger charge is -2.32. The average Bonchev–Trinajstić information content (AvgIpc) is 1.51. The van der Waals surface area contributed by atoms with E-state index in [9.17, 15) is 0 Å². The molecule has 6 aliphatic rings. The van der Waals surface area contributed by atoms with E-state index in [4.69, 9.17) is 13.3 Å². The van der Waals surface area contributed by atoms with Crippen LogP contribution in [0.3, 0.4) is 0 Å².